The van der Waals surface area contributed by atoms with Crippen LogP contribution in [0.3, 0.4) is 0 Å². The minimum atomic E-state index is -4.38. The molecule has 1 aromatic carbocycles. The van der Waals surface area contributed by atoms with E-state index in [-0.39, 0.29) is 41.0 Å². The van der Waals surface area contributed by atoms with Crippen molar-refractivity contribution in [2.24, 2.45) is 5.73 Å². The molecule has 1 atom stereocenters. The van der Waals surface area contributed by atoms with Crippen LogP contribution in [0.15, 0.2) is 23.1 Å². The largest absolute Gasteiger partial charge is 0.508 e. The number of benzene rings is 1. The number of hydrogen-bond donors (Lipinski definition) is 3. The quantitative estimate of drug-likeness (QED) is 0.733. The number of phenols is 1. The molecule has 0 saturated heterocycles. The number of phenolic OH excluding ortho intramolecular Hbond substituents is 1. The molecule has 0 saturated carbocycles. The van der Waals surface area contributed by atoms with E-state index in [1.807, 2.05) is 0 Å². The van der Waals surface area contributed by atoms with Crippen molar-refractivity contribution in [2.45, 2.75) is 22.9 Å². The molecule has 17 heavy (non-hydrogen) atoms. The van der Waals surface area contributed by atoms with Gasteiger partial charge in [0.15, 0.2) is 0 Å². The Balaban J connectivity index is 2.94. The first-order valence-electron chi connectivity index (χ1n) is 4.78. The van der Waals surface area contributed by atoms with Gasteiger partial charge in [-0.05, 0) is 36.4 Å². The number of hydrogen-bond acceptors (Lipinski definition) is 4. The third kappa shape index (κ3) is 4.45. The van der Waals surface area contributed by atoms with E-state index >= 15 is 0 Å². The molecule has 7 heteroatoms. The van der Waals surface area contributed by atoms with Gasteiger partial charge in [0.2, 0.25) is 0 Å². The first kappa shape index (κ1) is 14.1. The van der Waals surface area contributed by atoms with Crippen LogP contribution in [0.25, 0.3) is 0 Å². The summed E-state index contributed by atoms with van der Waals surface area (Å²) in [6.45, 7) is -0.197. The minimum absolute atomic E-state index is 0.0429. The Hall–Kier alpha value is -0.920. The van der Waals surface area contributed by atoms with Crippen molar-refractivity contribution in [2.75, 3.05) is 6.61 Å². The number of nitrogens with two attached hydrogens (primary N) is 1. The van der Waals surface area contributed by atoms with Gasteiger partial charge in [-0.2, -0.15) is 13.2 Å². The zero-order chi connectivity index (χ0) is 13.1. The highest BCUT2D eigenvalue weighted by atomic mass is 32.2. The fourth-order valence-electron chi connectivity index (χ4n) is 1.32. The molecule has 0 bridgehead atoms. The van der Waals surface area contributed by atoms with Gasteiger partial charge < -0.3 is 15.9 Å². The highest BCUT2D eigenvalue weighted by Gasteiger charge is 2.29. The van der Waals surface area contributed by atoms with Crippen LogP contribution in [0.4, 0.5) is 13.2 Å². The van der Waals surface area contributed by atoms with Crippen LogP contribution in [0.2, 0.25) is 0 Å². The summed E-state index contributed by atoms with van der Waals surface area (Å²) in [6.07, 6.45) is 0.174. The Morgan fingerprint density at radius 1 is 1.35 bits per heavy atom. The Kier molecular flexibility index (Phi) is 4.67. The first-order chi connectivity index (χ1) is 7.83. The number of thioether (sulfide) groups is 1. The number of halogens is 3. The number of rotatable bonds is 4. The van der Waals surface area contributed by atoms with Gasteiger partial charge in [0.05, 0.1) is 0 Å². The van der Waals surface area contributed by atoms with Gasteiger partial charge in [0, 0.05) is 23.1 Å². The summed E-state index contributed by atoms with van der Waals surface area (Å²) in [7, 11) is 0. The third-order valence-corrected chi connectivity index (χ3v) is 2.79. The van der Waals surface area contributed by atoms with Crippen LogP contribution < -0.4 is 5.73 Å². The number of aliphatic hydroxyl groups is 1. The van der Waals surface area contributed by atoms with Crippen molar-refractivity contribution in [3.8, 4) is 5.75 Å². The molecule has 0 aliphatic heterocycles. The molecule has 0 fully saturated rings. The highest BCUT2D eigenvalue weighted by molar-refractivity contribution is 8.00. The van der Waals surface area contributed by atoms with Crippen molar-refractivity contribution < 1.29 is 23.4 Å². The maximum absolute atomic E-state index is 12.2. The summed E-state index contributed by atoms with van der Waals surface area (Å²) in [5.74, 6) is -0.169. The lowest BCUT2D eigenvalue weighted by molar-refractivity contribution is -0.0328. The lowest BCUT2D eigenvalue weighted by atomic mass is 10.0. The van der Waals surface area contributed by atoms with E-state index in [0.717, 1.165) is 0 Å². The van der Waals surface area contributed by atoms with E-state index in [9.17, 15) is 18.3 Å². The predicted molar refractivity (Wildman–Crippen MR) is 58.7 cm³/mol. The molecule has 0 heterocycles. The molecule has 3 nitrogen and oxygen atoms in total. The van der Waals surface area contributed by atoms with Gasteiger partial charge in [0.25, 0.3) is 0 Å². The standard InChI is InChI=1S/C10H12F3NO2S/c11-10(12,13)17-6-1-2-9(16)7(5-6)8(14)3-4-15/h1-2,5,8,15-16H,3-4,14H2/t8-/m1/s1. The molecule has 0 spiro atoms. The third-order valence-electron chi connectivity index (χ3n) is 2.07. The van der Waals surface area contributed by atoms with Gasteiger partial charge in [-0.15, -0.1) is 0 Å². The summed E-state index contributed by atoms with van der Waals surface area (Å²) in [4.78, 5) is -0.0429. The zero-order valence-electron chi connectivity index (χ0n) is 8.74. The van der Waals surface area contributed by atoms with Gasteiger partial charge in [0.1, 0.15) is 5.75 Å². The molecule has 0 amide bonds. The molecule has 0 aliphatic rings. The smallest absolute Gasteiger partial charge is 0.446 e. The fraction of sp³-hybridized carbons (Fsp3) is 0.400. The summed E-state index contributed by atoms with van der Waals surface area (Å²) >= 11 is -0.270. The summed E-state index contributed by atoms with van der Waals surface area (Å²) in [5.41, 5.74) is 1.45. The molecule has 0 unspecified atom stereocenters. The molecule has 0 aromatic heterocycles. The Labute approximate surface area is 100 Å². The molecule has 96 valence electrons. The zero-order valence-corrected chi connectivity index (χ0v) is 9.55. The molecular weight excluding hydrogens is 255 g/mol. The molecule has 0 aliphatic carbocycles. The van der Waals surface area contributed by atoms with Crippen molar-refractivity contribution >= 4 is 11.8 Å². The van der Waals surface area contributed by atoms with Crippen LogP contribution in [0, 0.1) is 0 Å². The Morgan fingerprint density at radius 2 is 2.00 bits per heavy atom. The van der Waals surface area contributed by atoms with Gasteiger partial charge in [-0.25, -0.2) is 0 Å². The van der Waals surface area contributed by atoms with Gasteiger partial charge >= 0.3 is 5.51 Å². The normalized spacial score (nSPS) is 13.7. The molecule has 1 aromatic rings. The number of alkyl halides is 3. The van der Waals surface area contributed by atoms with E-state index in [4.69, 9.17) is 10.8 Å². The fourth-order valence-corrected chi connectivity index (χ4v) is 1.91. The van der Waals surface area contributed by atoms with Crippen LogP contribution in [-0.4, -0.2) is 22.3 Å². The van der Waals surface area contributed by atoms with Crippen molar-refractivity contribution in [1.82, 2.24) is 0 Å². The molecular formula is C10H12F3NO2S. The molecule has 1 rings (SSSR count). The van der Waals surface area contributed by atoms with E-state index < -0.39 is 11.6 Å². The lowest BCUT2D eigenvalue weighted by Crippen LogP contribution is -2.12. The maximum Gasteiger partial charge on any atom is 0.446 e. The summed E-state index contributed by atoms with van der Waals surface area (Å²) in [5, 5.41) is 18.2. The van der Waals surface area contributed by atoms with Crippen molar-refractivity contribution in [1.29, 1.82) is 0 Å². The topological polar surface area (TPSA) is 66.5 Å². The average Bonchev–Trinajstić information content (AvgIpc) is 2.19. The average molecular weight is 267 g/mol. The van der Waals surface area contributed by atoms with Crippen LogP contribution in [0.5, 0.6) is 5.75 Å². The summed E-state index contributed by atoms with van der Waals surface area (Å²) < 4.78 is 36.5. The second kappa shape index (κ2) is 5.61. The molecule has 0 radical (unpaired) electrons. The highest BCUT2D eigenvalue weighted by Crippen LogP contribution is 2.39. The second-order valence-electron chi connectivity index (χ2n) is 3.39. The van der Waals surface area contributed by atoms with Crippen LogP contribution in [0.1, 0.15) is 18.0 Å². The maximum atomic E-state index is 12.2. The van der Waals surface area contributed by atoms with Gasteiger partial charge in [-0.1, -0.05) is 0 Å². The van der Waals surface area contributed by atoms with E-state index in [1.54, 1.807) is 0 Å². The Bertz CT molecular complexity index is 384. The van der Waals surface area contributed by atoms with Gasteiger partial charge in [-0.3, -0.25) is 0 Å². The van der Waals surface area contributed by atoms with E-state index in [2.05, 4.69) is 0 Å². The monoisotopic (exact) mass is 267 g/mol. The predicted octanol–water partition coefficient (Wildman–Crippen LogP) is 2.39. The summed E-state index contributed by atoms with van der Waals surface area (Å²) in [6, 6.07) is 2.84. The van der Waals surface area contributed by atoms with Crippen molar-refractivity contribution in [3.05, 3.63) is 23.8 Å². The SMILES string of the molecule is N[C@H](CCO)c1cc(SC(F)(F)F)ccc1O. The number of aliphatic hydroxyl groups excluding tert-OH is 1. The van der Waals surface area contributed by atoms with Crippen molar-refractivity contribution in [3.63, 3.8) is 0 Å². The lowest BCUT2D eigenvalue weighted by Gasteiger charge is -2.14. The Morgan fingerprint density at radius 3 is 2.53 bits per heavy atom. The first-order valence-corrected chi connectivity index (χ1v) is 5.60. The minimum Gasteiger partial charge on any atom is -0.508 e. The number of aromatic hydroxyl groups is 1. The van der Waals surface area contributed by atoms with Crippen LogP contribution >= 0.6 is 11.8 Å². The molecule has 4 N–H and O–H groups in total. The van der Waals surface area contributed by atoms with E-state index in [0.29, 0.717) is 0 Å². The second-order valence-corrected chi connectivity index (χ2v) is 4.53. The van der Waals surface area contributed by atoms with Crippen LogP contribution in [-0.2, 0) is 0 Å². The van der Waals surface area contributed by atoms with E-state index in [1.165, 1.54) is 18.2 Å².